The molecule has 0 aliphatic carbocycles. The maximum absolute atomic E-state index is 12.3. The molecule has 2 rings (SSSR count). The Hall–Kier alpha value is -3.15. The minimum Gasteiger partial charge on any atom is -0.399 e. The second-order valence-corrected chi connectivity index (χ2v) is 5.27. The third kappa shape index (κ3) is 4.42. The molecule has 2 amide bonds. The van der Waals surface area contributed by atoms with Crippen LogP contribution < -0.4 is 5.32 Å². The zero-order valence-electron chi connectivity index (χ0n) is 13.8. The van der Waals surface area contributed by atoms with Crippen LogP contribution in [0.4, 0.5) is 5.69 Å². The maximum atomic E-state index is 12.3. The van der Waals surface area contributed by atoms with E-state index in [-0.39, 0.29) is 11.8 Å². The van der Waals surface area contributed by atoms with E-state index in [2.05, 4.69) is 15.3 Å². The van der Waals surface area contributed by atoms with E-state index < -0.39 is 0 Å². The zero-order valence-corrected chi connectivity index (χ0v) is 13.8. The normalized spacial score (nSPS) is 10.5. The average molecular weight is 325 g/mol. The molecule has 6 nitrogen and oxygen atoms in total. The SMILES string of the molecule is CO/N=C/c1ccc(C(=O)Nc2cccc(C(=O)N(C)C)c2)cc1. The van der Waals surface area contributed by atoms with E-state index in [0.717, 1.165) is 5.56 Å². The number of hydrogen-bond acceptors (Lipinski definition) is 4. The average Bonchev–Trinajstić information content (AvgIpc) is 2.59. The van der Waals surface area contributed by atoms with Crippen molar-refractivity contribution in [3.8, 4) is 0 Å². The quantitative estimate of drug-likeness (QED) is 0.678. The predicted molar refractivity (Wildman–Crippen MR) is 93.5 cm³/mol. The summed E-state index contributed by atoms with van der Waals surface area (Å²) in [4.78, 5) is 30.4. The highest BCUT2D eigenvalue weighted by Crippen LogP contribution is 2.14. The number of carbonyl (C=O) groups is 2. The number of carbonyl (C=O) groups excluding carboxylic acids is 2. The van der Waals surface area contributed by atoms with Crippen LogP contribution in [-0.4, -0.2) is 44.1 Å². The summed E-state index contributed by atoms with van der Waals surface area (Å²) in [6.07, 6.45) is 1.55. The summed E-state index contributed by atoms with van der Waals surface area (Å²) < 4.78 is 0. The molecule has 0 fully saturated rings. The van der Waals surface area contributed by atoms with Gasteiger partial charge >= 0.3 is 0 Å². The highest BCUT2D eigenvalue weighted by atomic mass is 16.6. The van der Waals surface area contributed by atoms with Crippen LogP contribution >= 0.6 is 0 Å². The highest BCUT2D eigenvalue weighted by Gasteiger charge is 2.10. The Bertz CT molecular complexity index is 752. The topological polar surface area (TPSA) is 71.0 Å². The smallest absolute Gasteiger partial charge is 0.255 e. The molecule has 0 spiro atoms. The molecule has 2 aromatic rings. The Balaban J connectivity index is 2.10. The molecule has 0 aromatic heterocycles. The molecule has 2 aromatic carbocycles. The zero-order chi connectivity index (χ0) is 17.5. The van der Waals surface area contributed by atoms with E-state index in [1.165, 1.54) is 12.0 Å². The molecule has 0 saturated heterocycles. The largest absolute Gasteiger partial charge is 0.399 e. The van der Waals surface area contributed by atoms with E-state index in [4.69, 9.17) is 0 Å². The monoisotopic (exact) mass is 325 g/mol. The molecule has 0 aliphatic rings. The molecule has 124 valence electrons. The van der Waals surface area contributed by atoms with Crippen LogP contribution in [0.2, 0.25) is 0 Å². The van der Waals surface area contributed by atoms with Gasteiger partial charge in [0.15, 0.2) is 0 Å². The van der Waals surface area contributed by atoms with E-state index >= 15 is 0 Å². The minimum absolute atomic E-state index is 0.118. The molecule has 0 unspecified atom stereocenters. The van der Waals surface area contributed by atoms with Crippen LogP contribution in [0.15, 0.2) is 53.7 Å². The molecular weight excluding hydrogens is 306 g/mol. The van der Waals surface area contributed by atoms with Crippen LogP contribution in [-0.2, 0) is 4.84 Å². The minimum atomic E-state index is -0.250. The van der Waals surface area contributed by atoms with Gasteiger partial charge in [-0.15, -0.1) is 0 Å². The number of nitrogens with one attached hydrogen (secondary N) is 1. The summed E-state index contributed by atoms with van der Waals surface area (Å²) >= 11 is 0. The number of benzene rings is 2. The molecule has 24 heavy (non-hydrogen) atoms. The van der Waals surface area contributed by atoms with Gasteiger partial charge in [-0.2, -0.15) is 0 Å². The Kier molecular flexibility index (Phi) is 5.68. The van der Waals surface area contributed by atoms with Gasteiger partial charge < -0.3 is 15.1 Å². The highest BCUT2D eigenvalue weighted by molar-refractivity contribution is 6.05. The molecule has 0 saturated carbocycles. The van der Waals surface area contributed by atoms with Gasteiger partial charge in [0.1, 0.15) is 7.11 Å². The van der Waals surface area contributed by atoms with Crippen molar-refractivity contribution in [2.45, 2.75) is 0 Å². The van der Waals surface area contributed by atoms with Crippen LogP contribution in [0.25, 0.3) is 0 Å². The summed E-state index contributed by atoms with van der Waals surface area (Å²) in [7, 11) is 4.83. The lowest BCUT2D eigenvalue weighted by molar-refractivity contribution is 0.0827. The second-order valence-electron chi connectivity index (χ2n) is 5.27. The lowest BCUT2D eigenvalue weighted by atomic mass is 10.1. The number of nitrogens with zero attached hydrogens (tertiary/aromatic N) is 2. The van der Waals surface area contributed by atoms with Crippen molar-refractivity contribution in [2.24, 2.45) is 5.16 Å². The number of oxime groups is 1. The van der Waals surface area contributed by atoms with Gasteiger partial charge in [-0.3, -0.25) is 9.59 Å². The third-order valence-corrected chi connectivity index (χ3v) is 3.25. The van der Waals surface area contributed by atoms with Gasteiger partial charge in [0, 0.05) is 30.9 Å². The summed E-state index contributed by atoms with van der Waals surface area (Å²) in [6.45, 7) is 0. The lowest BCUT2D eigenvalue weighted by Crippen LogP contribution is -2.21. The molecule has 0 radical (unpaired) electrons. The van der Waals surface area contributed by atoms with Crippen LogP contribution in [0, 0.1) is 0 Å². The van der Waals surface area contributed by atoms with Crippen molar-refractivity contribution >= 4 is 23.7 Å². The van der Waals surface area contributed by atoms with Gasteiger partial charge in [0.2, 0.25) is 0 Å². The van der Waals surface area contributed by atoms with Gasteiger partial charge in [0.25, 0.3) is 11.8 Å². The fraction of sp³-hybridized carbons (Fsp3) is 0.167. The van der Waals surface area contributed by atoms with E-state index in [1.54, 1.807) is 68.8 Å². The van der Waals surface area contributed by atoms with Crippen molar-refractivity contribution in [2.75, 3.05) is 26.5 Å². The number of amides is 2. The second kappa shape index (κ2) is 7.92. The number of rotatable bonds is 5. The van der Waals surface area contributed by atoms with Crippen molar-refractivity contribution < 1.29 is 14.4 Å². The predicted octanol–water partition coefficient (Wildman–Crippen LogP) is 2.62. The van der Waals surface area contributed by atoms with E-state index in [0.29, 0.717) is 16.8 Å². The summed E-state index contributed by atoms with van der Waals surface area (Å²) in [6, 6.07) is 13.8. The summed E-state index contributed by atoms with van der Waals surface area (Å²) in [5.74, 6) is -0.368. The Morgan fingerprint density at radius 3 is 2.42 bits per heavy atom. The Morgan fingerprint density at radius 1 is 1.08 bits per heavy atom. The molecule has 0 heterocycles. The standard InChI is InChI=1S/C18H19N3O3/c1-21(2)18(23)15-5-4-6-16(11-15)20-17(22)14-9-7-13(8-10-14)12-19-24-3/h4-12H,1-3H3,(H,20,22)/b19-12+. The van der Waals surface area contributed by atoms with Gasteiger partial charge in [-0.25, -0.2) is 0 Å². The first-order valence-electron chi connectivity index (χ1n) is 7.31. The van der Waals surface area contributed by atoms with Crippen LogP contribution in [0.3, 0.4) is 0 Å². The van der Waals surface area contributed by atoms with Crippen molar-refractivity contribution in [3.05, 3.63) is 65.2 Å². The van der Waals surface area contributed by atoms with Gasteiger partial charge in [-0.1, -0.05) is 23.4 Å². The molecule has 0 aliphatic heterocycles. The molecule has 1 N–H and O–H groups in total. The van der Waals surface area contributed by atoms with Crippen molar-refractivity contribution in [1.82, 2.24) is 4.90 Å². The van der Waals surface area contributed by atoms with E-state index in [1.807, 2.05) is 0 Å². The molecular formula is C18H19N3O3. The number of anilines is 1. The van der Waals surface area contributed by atoms with Crippen LogP contribution in [0.5, 0.6) is 0 Å². The first kappa shape index (κ1) is 17.2. The van der Waals surface area contributed by atoms with Gasteiger partial charge in [0.05, 0.1) is 6.21 Å². The lowest BCUT2D eigenvalue weighted by Gasteiger charge is -2.11. The fourth-order valence-electron chi connectivity index (χ4n) is 2.03. The summed E-state index contributed by atoms with van der Waals surface area (Å²) in [5.41, 5.74) is 2.42. The molecule has 0 bridgehead atoms. The van der Waals surface area contributed by atoms with Crippen LogP contribution in [0.1, 0.15) is 26.3 Å². The van der Waals surface area contributed by atoms with Crippen molar-refractivity contribution in [3.63, 3.8) is 0 Å². The first-order valence-corrected chi connectivity index (χ1v) is 7.31. The first-order chi connectivity index (χ1) is 11.5. The molecule has 0 atom stereocenters. The maximum Gasteiger partial charge on any atom is 0.255 e. The van der Waals surface area contributed by atoms with Gasteiger partial charge in [-0.05, 0) is 35.9 Å². The fourth-order valence-corrected chi connectivity index (χ4v) is 2.03. The van der Waals surface area contributed by atoms with E-state index in [9.17, 15) is 9.59 Å². The third-order valence-electron chi connectivity index (χ3n) is 3.25. The Labute approximate surface area is 140 Å². The molecule has 6 heteroatoms. The Morgan fingerprint density at radius 2 is 1.79 bits per heavy atom. The number of hydrogen-bond donors (Lipinski definition) is 1. The summed E-state index contributed by atoms with van der Waals surface area (Å²) in [5, 5.41) is 6.45. The van der Waals surface area contributed by atoms with Crippen molar-refractivity contribution in [1.29, 1.82) is 0 Å².